The number of anilines is 2. The van der Waals surface area contributed by atoms with E-state index >= 15 is 0 Å². The summed E-state index contributed by atoms with van der Waals surface area (Å²) in [6.45, 7) is 6.82. The van der Waals surface area contributed by atoms with Crippen molar-refractivity contribution in [2.24, 2.45) is 0 Å². The Labute approximate surface area is 181 Å². The fraction of sp³-hybridized carbons (Fsp3) is 0.292. The molecule has 3 heterocycles. The Hall–Kier alpha value is -3.48. The largest absolute Gasteiger partial charge is 0.496 e. The molecule has 0 aliphatic carbocycles. The lowest BCUT2D eigenvalue weighted by Gasteiger charge is -2.26. The van der Waals surface area contributed by atoms with Gasteiger partial charge in [-0.3, -0.25) is 14.6 Å². The van der Waals surface area contributed by atoms with Gasteiger partial charge in [0.15, 0.2) is 5.82 Å². The van der Waals surface area contributed by atoms with Crippen LogP contribution in [0, 0.1) is 12.7 Å². The number of benzene rings is 1. The molecule has 0 bridgehead atoms. The molecule has 4 aromatic rings. The van der Waals surface area contributed by atoms with E-state index in [4.69, 9.17) is 4.74 Å². The van der Waals surface area contributed by atoms with Gasteiger partial charge in [-0.1, -0.05) is 6.92 Å². The Balaban J connectivity index is 1.98. The summed E-state index contributed by atoms with van der Waals surface area (Å²) in [6.07, 6.45) is 9.30. The van der Waals surface area contributed by atoms with Gasteiger partial charge in [0.25, 0.3) is 0 Å². The minimum absolute atomic E-state index is 0.343. The number of rotatable bonds is 6. The van der Waals surface area contributed by atoms with Crippen LogP contribution in [0.2, 0.25) is 0 Å². The molecule has 160 valence electrons. The van der Waals surface area contributed by atoms with E-state index in [1.165, 1.54) is 6.20 Å². The summed E-state index contributed by atoms with van der Waals surface area (Å²) >= 11 is 0. The van der Waals surface area contributed by atoms with Crippen LogP contribution in [0.25, 0.3) is 22.0 Å². The second kappa shape index (κ2) is 8.34. The minimum atomic E-state index is -0.343. The minimum Gasteiger partial charge on any atom is -0.496 e. The Morgan fingerprint density at radius 3 is 2.58 bits per heavy atom. The number of halogens is 1. The van der Waals surface area contributed by atoms with Crippen molar-refractivity contribution in [2.45, 2.75) is 33.7 Å². The van der Waals surface area contributed by atoms with Crippen LogP contribution in [0.4, 0.5) is 15.8 Å². The Kier molecular flexibility index (Phi) is 5.59. The van der Waals surface area contributed by atoms with Gasteiger partial charge < -0.3 is 9.64 Å². The van der Waals surface area contributed by atoms with E-state index in [1.54, 1.807) is 13.3 Å². The van der Waals surface area contributed by atoms with Crippen molar-refractivity contribution in [1.82, 2.24) is 19.7 Å². The molecule has 0 saturated carbocycles. The maximum absolute atomic E-state index is 14.9. The van der Waals surface area contributed by atoms with Gasteiger partial charge in [-0.15, -0.1) is 0 Å². The lowest BCUT2D eigenvalue weighted by atomic mass is 10.0. The maximum Gasteiger partial charge on any atom is 0.165 e. The predicted molar refractivity (Wildman–Crippen MR) is 122 cm³/mol. The van der Waals surface area contributed by atoms with Crippen molar-refractivity contribution in [3.63, 3.8) is 0 Å². The molecule has 0 N–H and O–H groups in total. The van der Waals surface area contributed by atoms with Crippen LogP contribution in [-0.2, 0) is 13.0 Å². The molecule has 0 saturated heterocycles. The molecule has 0 aliphatic heterocycles. The van der Waals surface area contributed by atoms with E-state index in [0.29, 0.717) is 12.1 Å². The highest BCUT2D eigenvalue weighted by atomic mass is 19.1. The van der Waals surface area contributed by atoms with Crippen molar-refractivity contribution in [3.05, 3.63) is 60.1 Å². The van der Waals surface area contributed by atoms with Crippen LogP contribution in [0.1, 0.15) is 25.0 Å². The summed E-state index contributed by atoms with van der Waals surface area (Å²) in [7, 11) is 3.54. The van der Waals surface area contributed by atoms with Crippen LogP contribution in [0.3, 0.4) is 0 Å². The third kappa shape index (κ3) is 3.60. The smallest absolute Gasteiger partial charge is 0.165 e. The van der Waals surface area contributed by atoms with E-state index in [0.717, 1.165) is 51.1 Å². The fourth-order valence-corrected chi connectivity index (χ4v) is 4.04. The van der Waals surface area contributed by atoms with Gasteiger partial charge in [0.2, 0.25) is 0 Å². The third-order valence-electron chi connectivity index (χ3n) is 5.61. The predicted octanol–water partition coefficient (Wildman–Crippen LogP) is 5.30. The van der Waals surface area contributed by atoms with Crippen LogP contribution < -0.4 is 9.64 Å². The zero-order valence-electron chi connectivity index (χ0n) is 18.5. The summed E-state index contributed by atoms with van der Waals surface area (Å²) in [5, 5.41) is 5.32. The number of aryl methyl sites for hydroxylation is 3. The number of hydrogen-bond acceptors (Lipinski definition) is 5. The van der Waals surface area contributed by atoms with Gasteiger partial charge in [-0.2, -0.15) is 5.10 Å². The molecule has 4 rings (SSSR count). The molecule has 1 aromatic carbocycles. The molecule has 0 atom stereocenters. The fourth-order valence-electron chi connectivity index (χ4n) is 4.04. The monoisotopic (exact) mass is 419 g/mol. The highest BCUT2D eigenvalue weighted by Crippen LogP contribution is 2.40. The van der Waals surface area contributed by atoms with Crippen LogP contribution in [-0.4, -0.2) is 33.9 Å². The highest BCUT2D eigenvalue weighted by molar-refractivity contribution is 5.99. The average molecular weight is 420 g/mol. The van der Waals surface area contributed by atoms with Gasteiger partial charge in [-0.25, -0.2) is 4.39 Å². The quantitative estimate of drug-likeness (QED) is 0.424. The number of methoxy groups -OCH3 is 1. The zero-order chi connectivity index (χ0) is 22.1. The highest BCUT2D eigenvalue weighted by Gasteiger charge is 2.20. The molecule has 0 spiro atoms. The van der Waals surface area contributed by atoms with Crippen molar-refractivity contribution in [3.8, 4) is 16.9 Å². The first-order valence-corrected chi connectivity index (χ1v) is 10.3. The van der Waals surface area contributed by atoms with E-state index < -0.39 is 0 Å². The molecule has 31 heavy (non-hydrogen) atoms. The third-order valence-corrected chi connectivity index (χ3v) is 5.61. The summed E-state index contributed by atoms with van der Waals surface area (Å²) in [4.78, 5) is 10.5. The van der Waals surface area contributed by atoms with E-state index in [2.05, 4.69) is 21.1 Å². The van der Waals surface area contributed by atoms with Crippen molar-refractivity contribution < 1.29 is 9.13 Å². The second-order valence-electron chi connectivity index (χ2n) is 7.49. The number of nitrogens with zero attached hydrogens (tertiary/aromatic N) is 5. The van der Waals surface area contributed by atoms with E-state index in [1.807, 2.05) is 62.1 Å². The molecule has 0 radical (unpaired) electrons. The van der Waals surface area contributed by atoms with Crippen molar-refractivity contribution in [1.29, 1.82) is 0 Å². The second-order valence-corrected chi connectivity index (χ2v) is 7.49. The maximum atomic E-state index is 14.9. The molecule has 0 fully saturated rings. The first-order valence-electron chi connectivity index (χ1n) is 10.3. The number of fused-ring (bicyclic) bond motifs is 1. The first kappa shape index (κ1) is 20.8. The number of pyridine rings is 2. The topological polar surface area (TPSA) is 56.1 Å². The molecular formula is C24H26FN5O. The number of hydrogen-bond donors (Lipinski definition) is 0. The molecular weight excluding hydrogens is 393 g/mol. The zero-order valence-corrected chi connectivity index (χ0v) is 18.5. The summed E-state index contributed by atoms with van der Waals surface area (Å²) < 4.78 is 22.4. The van der Waals surface area contributed by atoms with Gasteiger partial charge in [-0.05, 0) is 37.5 Å². The van der Waals surface area contributed by atoms with Crippen molar-refractivity contribution >= 4 is 22.3 Å². The molecule has 6 nitrogen and oxygen atoms in total. The Bertz CT molecular complexity index is 1250. The molecule has 7 heteroatoms. The van der Waals surface area contributed by atoms with E-state index in [9.17, 15) is 4.39 Å². The average Bonchev–Trinajstić information content (AvgIpc) is 3.26. The van der Waals surface area contributed by atoms with Crippen LogP contribution in [0.15, 0.2) is 43.1 Å². The first-order chi connectivity index (χ1) is 15.0. The number of aromatic nitrogens is 4. The van der Waals surface area contributed by atoms with Gasteiger partial charge >= 0.3 is 0 Å². The summed E-state index contributed by atoms with van der Waals surface area (Å²) in [6, 6.07) is 3.98. The number of ether oxygens (including phenoxy) is 1. The van der Waals surface area contributed by atoms with E-state index in [-0.39, 0.29) is 5.82 Å². The van der Waals surface area contributed by atoms with Crippen LogP contribution in [0.5, 0.6) is 5.75 Å². The lowest BCUT2D eigenvalue weighted by molar-refractivity contribution is 0.417. The molecule has 0 unspecified atom stereocenters. The normalized spacial score (nSPS) is 11.2. The van der Waals surface area contributed by atoms with Gasteiger partial charge in [0.05, 0.1) is 36.4 Å². The van der Waals surface area contributed by atoms with Gasteiger partial charge in [0.1, 0.15) is 5.75 Å². The molecule has 3 aromatic heterocycles. The molecule has 0 amide bonds. The summed E-state index contributed by atoms with van der Waals surface area (Å²) in [5.41, 5.74) is 5.89. The van der Waals surface area contributed by atoms with Crippen molar-refractivity contribution in [2.75, 3.05) is 19.1 Å². The van der Waals surface area contributed by atoms with Gasteiger partial charge in [0, 0.05) is 54.8 Å². The van der Waals surface area contributed by atoms with Crippen LogP contribution >= 0.6 is 0 Å². The lowest BCUT2D eigenvalue weighted by Crippen LogP contribution is -2.16. The SMILES string of the molecule is CCc1cncc(F)c1N(C)c1c(C)cnc2cc(OC)c(-c3cnn(CC)c3)cc12. The summed E-state index contributed by atoms with van der Waals surface area (Å²) in [5.74, 6) is 0.376. The Morgan fingerprint density at radius 2 is 1.90 bits per heavy atom. The standard InChI is InChI=1S/C24H26FN5O/c1-6-16-11-26-13-20(25)24(16)29(4)23-15(3)10-27-21-9-22(31-5)18(8-19(21)23)17-12-28-30(7-2)14-17/h8-14H,6-7H2,1-5H3. The Morgan fingerprint density at radius 1 is 1.10 bits per heavy atom. The molecule has 0 aliphatic rings.